The van der Waals surface area contributed by atoms with E-state index in [4.69, 9.17) is 9.15 Å². The lowest BCUT2D eigenvalue weighted by molar-refractivity contribution is -0.674. The second-order valence-corrected chi connectivity index (χ2v) is 15.4. The maximum Gasteiger partial charge on any atom is 0.374 e. The number of hydrogen-bond donors (Lipinski definition) is 0. The molecule has 0 fully saturated rings. The first kappa shape index (κ1) is 40.0. The molecule has 0 bridgehead atoms. The van der Waals surface area contributed by atoms with E-state index in [1.165, 1.54) is 57.8 Å². The molecule has 1 aromatic heterocycles. The van der Waals surface area contributed by atoms with Gasteiger partial charge in [0.05, 0.1) is 17.9 Å². The quantitative estimate of drug-likeness (QED) is 0.0913. The van der Waals surface area contributed by atoms with E-state index in [1.807, 2.05) is 30.4 Å². The molecule has 0 spiro atoms. The highest BCUT2D eigenvalue weighted by molar-refractivity contribution is 7.11. The molecule has 5 heteroatoms. The summed E-state index contributed by atoms with van der Waals surface area (Å²) < 4.78 is 14.6. The van der Waals surface area contributed by atoms with E-state index in [2.05, 4.69) is 206 Å². The molecule has 8 aromatic rings. The zero-order valence-corrected chi connectivity index (χ0v) is 35.0. The molecule has 4 nitrogen and oxygen atoms in total. The Bertz CT molecular complexity index is 2580. The molecule has 298 valence electrons. The summed E-state index contributed by atoms with van der Waals surface area (Å²) in [4.78, 5) is 2.20. The number of hydrogen-bond acceptors (Lipinski definition) is 3. The number of rotatable bonds is 12. The highest BCUT2D eigenvalue weighted by Gasteiger charge is 2.29. The normalized spacial score (nSPS) is 13.0. The van der Waals surface area contributed by atoms with Gasteiger partial charge in [0.1, 0.15) is 6.54 Å². The number of ether oxygens (including phenoxy) is 1. The fourth-order valence-corrected chi connectivity index (χ4v) is 8.87. The third-order valence-electron chi connectivity index (χ3n) is 11.9. The van der Waals surface area contributed by atoms with Crippen molar-refractivity contribution in [3.63, 3.8) is 0 Å². The van der Waals surface area contributed by atoms with E-state index in [-0.39, 0.29) is 0 Å². The lowest BCUT2D eigenvalue weighted by atomic mass is 9.14. The summed E-state index contributed by atoms with van der Waals surface area (Å²) in [6.45, 7) is 8.18. The largest absolute Gasteiger partial charge is 0.439 e. The summed E-state index contributed by atoms with van der Waals surface area (Å²) >= 11 is 0. The van der Waals surface area contributed by atoms with Gasteiger partial charge in [0.2, 0.25) is 11.5 Å². The molecule has 0 aliphatic carbocycles. The molecular formula is C55H53BN2O2. The first-order chi connectivity index (χ1) is 29.6. The van der Waals surface area contributed by atoms with Crippen LogP contribution in [0, 0.1) is 0 Å². The number of aryl methyl sites for hydroxylation is 1. The van der Waals surface area contributed by atoms with Crippen molar-refractivity contribution < 1.29 is 13.7 Å². The van der Waals surface area contributed by atoms with Crippen LogP contribution in [0.1, 0.15) is 39.5 Å². The van der Waals surface area contributed by atoms with E-state index >= 15 is 0 Å². The van der Waals surface area contributed by atoms with Crippen LogP contribution in [0.5, 0.6) is 5.75 Å². The maximum absolute atomic E-state index is 6.22. The van der Waals surface area contributed by atoms with Crippen LogP contribution in [-0.4, -0.2) is 12.7 Å². The van der Waals surface area contributed by atoms with E-state index < -0.39 is 6.15 Å². The van der Waals surface area contributed by atoms with Gasteiger partial charge in [-0.3, -0.25) is 0 Å². The number of anilines is 1. The maximum atomic E-state index is 6.22. The Morgan fingerprint density at radius 1 is 0.567 bits per heavy atom. The molecule has 60 heavy (non-hydrogen) atoms. The lowest BCUT2D eigenvalue weighted by Gasteiger charge is -2.43. The van der Waals surface area contributed by atoms with Gasteiger partial charge in [-0.15, -0.1) is 0 Å². The van der Waals surface area contributed by atoms with Gasteiger partial charge in [0.25, 0.3) is 5.52 Å². The Kier molecular flexibility index (Phi) is 12.5. The first-order valence-electron chi connectivity index (χ1n) is 21.5. The van der Waals surface area contributed by atoms with Crippen molar-refractivity contribution in [1.82, 2.24) is 0 Å². The van der Waals surface area contributed by atoms with E-state index in [9.17, 15) is 0 Å². The van der Waals surface area contributed by atoms with Gasteiger partial charge in [-0.2, -0.15) is 27.3 Å². The van der Waals surface area contributed by atoms with Gasteiger partial charge >= 0.3 is 5.89 Å². The summed E-state index contributed by atoms with van der Waals surface area (Å²) in [6, 6.07) is 66.8. The monoisotopic (exact) mass is 784 g/mol. The van der Waals surface area contributed by atoms with Crippen molar-refractivity contribution in [2.24, 2.45) is 0 Å². The number of oxazole rings is 1. The minimum Gasteiger partial charge on any atom is -0.439 e. The summed E-state index contributed by atoms with van der Waals surface area (Å²) in [6.07, 6.45) is 8.75. The van der Waals surface area contributed by atoms with E-state index in [0.717, 1.165) is 47.4 Å². The van der Waals surface area contributed by atoms with Crippen LogP contribution in [0.2, 0.25) is 6.32 Å². The number of aromatic nitrogens is 1. The molecule has 1 aliphatic heterocycles. The fourth-order valence-electron chi connectivity index (χ4n) is 8.87. The van der Waals surface area contributed by atoms with Crippen LogP contribution in [0.25, 0.3) is 39.4 Å². The Hall–Kier alpha value is -6.85. The molecule has 2 heterocycles. The minimum absolute atomic E-state index is 0.810. The summed E-state index contributed by atoms with van der Waals surface area (Å²) in [5.41, 5.74) is 12.1. The Labute approximate surface area is 355 Å². The van der Waals surface area contributed by atoms with Gasteiger partial charge in [-0.1, -0.05) is 184 Å². The lowest BCUT2D eigenvalue weighted by Crippen LogP contribution is -2.66. The van der Waals surface area contributed by atoms with Crippen molar-refractivity contribution in [1.29, 1.82) is 0 Å². The third-order valence-corrected chi connectivity index (χ3v) is 11.9. The second kappa shape index (κ2) is 18.8. The molecule has 0 saturated carbocycles. The fraction of sp³-hybridized carbons (Fsp3) is 0.145. The molecular weight excluding hydrogens is 731 g/mol. The van der Waals surface area contributed by atoms with Gasteiger partial charge in [-0.05, 0) is 66.5 Å². The van der Waals surface area contributed by atoms with Crippen LogP contribution in [0.4, 0.5) is 5.69 Å². The van der Waals surface area contributed by atoms with Crippen molar-refractivity contribution in [3.8, 4) is 28.0 Å². The molecule has 0 radical (unpaired) electrons. The molecule has 9 rings (SSSR count). The van der Waals surface area contributed by atoms with Gasteiger partial charge in [0, 0.05) is 12.6 Å². The average molecular weight is 785 g/mol. The Balaban J connectivity index is 0.000000186. The van der Waals surface area contributed by atoms with Gasteiger partial charge < -0.3 is 14.1 Å². The van der Waals surface area contributed by atoms with Crippen molar-refractivity contribution in [2.75, 3.05) is 11.4 Å². The van der Waals surface area contributed by atoms with Crippen LogP contribution in [0.3, 0.4) is 0 Å². The van der Waals surface area contributed by atoms with Crippen molar-refractivity contribution >= 4 is 45.4 Å². The summed E-state index contributed by atoms with van der Waals surface area (Å²) in [5, 5.41) is 0. The minimum atomic E-state index is -0.913. The second-order valence-electron chi connectivity index (χ2n) is 15.4. The topological polar surface area (TPSA) is 29.5 Å². The molecule has 0 amide bonds. The Morgan fingerprint density at radius 3 is 1.60 bits per heavy atom. The van der Waals surface area contributed by atoms with Crippen molar-refractivity contribution in [3.05, 3.63) is 212 Å². The number of allylic oxidation sites excluding steroid dienone is 2. The highest BCUT2D eigenvalue weighted by Crippen LogP contribution is 2.41. The van der Waals surface area contributed by atoms with Crippen LogP contribution >= 0.6 is 0 Å². The summed E-state index contributed by atoms with van der Waals surface area (Å²) in [7, 11) is 0. The molecule has 0 N–H and O–H groups in total. The van der Waals surface area contributed by atoms with Crippen molar-refractivity contribution in [2.45, 2.75) is 46.5 Å². The Morgan fingerprint density at radius 2 is 1.08 bits per heavy atom. The van der Waals surface area contributed by atoms with Gasteiger partial charge in [-0.25, -0.2) is 0 Å². The van der Waals surface area contributed by atoms with Crippen LogP contribution in [-0.2, 0) is 6.54 Å². The number of benzene rings is 7. The smallest absolute Gasteiger partial charge is 0.374 e. The van der Waals surface area contributed by atoms with E-state index in [1.54, 1.807) is 0 Å². The zero-order valence-electron chi connectivity index (χ0n) is 35.0. The number of unbranched alkanes of at least 4 members (excludes halogenated alkanes) is 1. The number of nitrogens with zero attached hydrogens (tertiary/aromatic N) is 2. The molecule has 0 unspecified atom stereocenters. The number of fused-ring (bicyclic) bond motifs is 2. The SMILES string of the molecule is CCCC[B-](c1ccccc1)(c1ccccc1)c1ccccc1.CCN1/C(=C/C=C/c2oc3ccc(-c4ccccc4)cc3[n+]2CC)Oc2ccc(-c3ccccc3)cc21. The molecule has 0 atom stereocenters. The predicted molar refractivity (Wildman–Crippen MR) is 254 cm³/mol. The highest BCUT2D eigenvalue weighted by atomic mass is 16.5. The first-order valence-corrected chi connectivity index (χ1v) is 21.5. The molecule has 0 saturated heterocycles. The summed E-state index contributed by atoms with van der Waals surface area (Å²) in [5.74, 6) is 2.50. The van der Waals surface area contributed by atoms with E-state index in [0.29, 0.717) is 0 Å². The van der Waals surface area contributed by atoms with Crippen LogP contribution in [0.15, 0.2) is 211 Å². The average Bonchev–Trinajstić information content (AvgIpc) is 3.87. The van der Waals surface area contributed by atoms with Gasteiger partial charge in [0.15, 0.2) is 5.75 Å². The third kappa shape index (κ3) is 8.35. The molecule has 1 aliphatic rings. The van der Waals surface area contributed by atoms with Crippen LogP contribution < -0.4 is 30.6 Å². The predicted octanol–water partition coefficient (Wildman–Crippen LogP) is 11.8. The molecule has 7 aromatic carbocycles. The zero-order chi connectivity index (χ0) is 41.2. The standard InChI is InChI=1S/C33H29N2O2.C22H24B/c1-3-34-28-22-26(24-12-7-5-8-13-24)18-20-30(28)36-32(34)16-11-17-33-35(4-2)29-23-27(19-21-31(29)37-33)25-14-9-6-10-15-25;1-2-3-19-23(20-13-7-4-8-14-20,21-15-9-5-10-16-21)22-17-11-6-12-18-22/h5-23H,3-4H2,1-2H3;4-18H,2-3,19H2,1H3/q+1;-1.